The predicted octanol–water partition coefficient (Wildman–Crippen LogP) is 0.264. The number of likely N-dealkylation sites (N-methyl/N-ethyl adjacent to an activating group) is 1. The summed E-state index contributed by atoms with van der Waals surface area (Å²) in [6.45, 7) is 3.01. The number of imide groups is 1. The zero-order valence-corrected chi connectivity index (χ0v) is 13.5. The van der Waals surface area contributed by atoms with Crippen LogP contribution in [0.4, 0.5) is 0 Å². The van der Waals surface area contributed by atoms with Crippen molar-refractivity contribution in [2.75, 3.05) is 14.1 Å². The Balaban J connectivity index is 2.14. The van der Waals surface area contributed by atoms with Crippen LogP contribution in [0.25, 0.3) is 0 Å². The van der Waals surface area contributed by atoms with E-state index in [0.717, 1.165) is 4.90 Å². The molecule has 0 saturated heterocycles. The monoisotopic (exact) mass is 317 g/mol. The molecule has 0 saturated carbocycles. The van der Waals surface area contributed by atoms with Crippen molar-refractivity contribution >= 4 is 23.6 Å². The van der Waals surface area contributed by atoms with E-state index in [9.17, 15) is 19.2 Å². The molecule has 2 atom stereocenters. The fourth-order valence-electron chi connectivity index (χ4n) is 2.46. The minimum atomic E-state index is -1.00. The minimum absolute atomic E-state index is 0.270. The lowest BCUT2D eigenvalue weighted by atomic mass is 10.1. The summed E-state index contributed by atoms with van der Waals surface area (Å²) in [5.41, 5.74) is 0.573. The maximum atomic E-state index is 12.3. The van der Waals surface area contributed by atoms with Crippen LogP contribution in [0.1, 0.15) is 34.6 Å². The molecule has 0 bridgehead atoms. The highest BCUT2D eigenvalue weighted by atomic mass is 16.2. The van der Waals surface area contributed by atoms with Gasteiger partial charge in [-0.2, -0.15) is 0 Å². The molecule has 0 aromatic heterocycles. The topological polar surface area (TPSA) is 86.8 Å². The summed E-state index contributed by atoms with van der Waals surface area (Å²) in [7, 11) is 3.16. The summed E-state index contributed by atoms with van der Waals surface area (Å²) in [6, 6.07) is 4.69. The van der Waals surface area contributed by atoms with Gasteiger partial charge in [-0.05, 0) is 26.0 Å². The van der Waals surface area contributed by atoms with E-state index in [0.29, 0.717) is 0 Å². The molecule has 1 aliphatic heterocycles. The van der Waals surface area contributed by atoms with Gasteiger partial charge in [0.15, 0.2) is 0 Å². The second-order valence-corrected chi connectivity index (χ2v) is 5.66. The first-order valence-corrected chi connectivity index (χ1v) is 7.24. The van der Waals surface area contributed by atoms with Gasteiger partial charge in [-0.25, -0.2) is 0 Å². The molecule has 0 fully saturated rings. The van der Waals surface area contributed by atoms with E-state index in [1.807, 2.05) is 0 Å². The molecule has 0 radical (unpaired) electrons. The number of benzene rings is 1. The molecular formula is C16H19N3O4. The summed E-state index contributed by atoms with van der Waals surface area (Å²) >= 11 is 0. The summed E-state index contributed by atoms with van der Waals surface area (Å²) in [6.07, 6.45) is 0. The number of fused-ring (bicyclic) bond motifs is 1. The van der Waals surface area contributed by atoms with Gasteiger partial charge in [0.25, 0.3) is 11.8 Å². The SMILES string of the molecule is C[C@H](NC(=O)[C@H](C)N1C(=O)c2ccccc2C1=O)C(=O)N(C)C. The molecule has 1 heterocycles. The van der Waals surface area contributed by atoms with E-state index in [2.05, 4.69) is 5.32 Å². The lowest BCUT2D eigenvalue weighted by Gasteiger charge is -2.24. The summed E-state index contributed by atoms with van der Waals surface area (Å²) in [5.74, 6) is -1.82. The van der Waals surface area contributed by atoms with Crippen LogP contribution in [0, 0.1) is 0 Å². The lowest BCUT2D eigenvalue weighted by molar-refractivity contribution is -0.134. The van der Waals surface area contributed by atoms with Crippen LogP contribution in [0.15, 0.2) is 24.3 Å². The molecule has 122 valence electrons. The Kier molecular flexibility index (Phi) is 4.49. The zero-order valence-electron chi connectivity index (χ0n) is 13.5. The molecule has 0 spiro atoms. The van der Waals surface area contributed by atoms with Gasteiger partial charge in [-0.3, -0.25) is 24.1 Å². The van der Waals surface area contributed by atoms with Crippen LogP contribution in [0.2, 0.25) is 0 Å². The Hall–Kier alpha value is -2.70. The highest BCUT2D eigenvalue weighted by Crippen LogP contribution is 2.24. The first-order valence-electron chi connectivity index (χ1n) is 7.24. The Morgan fingerprint density at radius 2 is 1.52 bits per heavy atom. The average molecular weight is 317 g/mol. The predicted molar refractivity (Wildman–Crippen MR) is 82.7 cm³/mol. The second-order valence-electron chi connectivity index (χ2n) is 5.66. The molecule has 7 nitrogen and oxygen atoms in total. The molecule has 1 aliphatic rings. The van der Waals surface area contributed by atoms with E-state index >= 15 is 0 Å². The van der Waals surface area contributed by atoms with E-state index in [1.165, 1.54) is 11.8 Å². The first kappa shape index (κ1) is 16.7. The highest BCUT2D eigenvalue weighted by Gasteiger charge is 2.40. The van der Waals surface area contributed by atoms with Crippen LogP contribution in [0.3, 0.4) is 0 Å². The van der Waals surface area contributed by atoms with Crippen molar-refractivity contribution in [3.8, 4) is 0 Å². The molecule has 4 amide bonds. The molecule has 1 N–H and O–H groups in total. The number of rotatable bonds is 4. The molecule has 23 heavy (non-hydrogen) atoms. The van der Waals surface area contributed by atoms with Crippen LogP contribution >= 0.6 is 0 Å². The van der Waals surface area contributed by atoms with E-state index in [1.54, 1.807) is 45.3 Å². The number of amides is 4. The second kappa shape index (κ2) is 6.20. The fourth-order valence-corrected chi connectivity index (χ4v) is 2.46. The molecule has 7 heteroatoms. The van der Waals surface area contributed by atoms with Gasteiger partial charge < -0.3 is 10.2 Å². The molecule has 0 aliphatic carbocycles. The third-order valence-electron chi connectivity index (χ3n) is 3.76. The number of nitrogens with one attached hydrogen (secondary N) is 1. The smallest absolute Gasteiger partial charge is 0.262 e. The van der Waals surface area contributed by atoms with E-state index in [-0.39, 0.29) is 17.0 Å². The van der Waals surface area contributed by atoms with Gasteiger partial charge in [0.1, 0.15) is 12.1 Å². The molecule has 1 aromatic carbocycles. The number of carbonyl (C=O) groups is 4. The zero-order chi connectivity index (χ0) is 17.3. The standard InChI is InChI=1S/C16H19N3O4/c1-9(14(21)18(3)4)17-13(20)10(2)19-15(22)11-7-5-6-8-12(11)16(19)23/h5-10H,1-4H3,(H,17,20)/t9-,10-/m0/s1. The van der Waals surface area contributed by atoms with Gasteiger partial charge in [-0.1, -0.05) is 12.1 Å². The van der Waals surface area contributed by atoms with Crippen molar-refractivity contribution in [2.45, 2.75) is 25.9 Å². The first-order chi connectivity index (χ1) is 10.8. The van der Waals surface area contributed by atoms with Gasteiger partial charge in [0, 0.05) is 14.1 Å². The Labute approximate surface area is 134 Å². The summed E-state index contributed by atoms with van der Waals surface area (Å²) in [4.78, 5) is 51.0. The van der Waals surface area contributed by atoms with Crippen molar-refractivity contribution in [1.29, 1.82) is 0 Å². The Morgan fingerprint density at radius 3 is 1.96 bits per heavy atom. The van der Waals surface area contributed by atoms with Crippen molar-refractivity contribution in [2.24, 2.45) is 0 Å². The third kappa shape index (κ3) is 2.94. The van der Waals surface area contributed by atoms with Crippen molar-refractivity contribution in [3.63, 3.8) is 0 Å². The molecule has 0 unspecified atom stereocenters. The number of hydrogen-bond acceptors (Lipinski definition) is 4. The van der Waals surface area contributed by atoms with Crippen molar-refractivity contribution < 1.29 is 19.2 Å². The number of carbonyl (C=O) groups excluding carboxylic acids is 4. The fraction of sp³-hybridized carbons (Fsp3) is 0.375. The van der Waals surface area contributed by atoms with Gasteiger partial charge in [-0.15, -0.1) is 0 Å². The maximum absolute atomic E-state index is 12.3. The van der Waals surface area contributed by atoms with Crippen LogP contribution in [-0.2, 0) is 9.59 Å². The van der Waals surface area contributed by atoms with Crippen molar-refractivity contribution in [1.82, 2.24) is 15.1 Å². The van der Waals surface area contributed by atoms with Crippen LogP contribution in [-0.4, -0.2) is 59.6 Å². The number of hydrogen-bond donors (Lipinski definition) is 1. The quantitative estimate of drug-likeness (QED) is 0.807. The largest absolute Gasteiger partial charge is 0.347 e. The number of nitrogens with zero attached hydrogens (tertiary/aromatic N) is 2. The summed E-state index contributed by atoms with van der Waals surface area (Å²) in [5, 5.41) is 2.53. The lowest BCUT2D eigenvalue weighted by Crippen LogP contribution is -2.52. The van der Waals surface area contributed by atoms with Crippen LogP contribution in [0.5, 0.6) is 0 Å². The average Bonchev–Trinajstić information content (AvgIpc) is 2.77. The van der Waals surface area contributed by atoms with E-state index < -0.39 is 29.8 Å². The summed E-state index contributed by atoms with van der Waals surface area (Å²) < 4.78 is 0. The van der Waals surface area contributed by atoms with Gasteiger partial charge in [0.05, 0.1) is 11.1 Å². The Morgan fingerprint density at radius 1 is 1.04 bits per heavy atom. The third-order valence-corrected chi connectivity index (χ3v) is 3.76. The molecular weight excluding hydrogens is 298 g/mol. The van der Waals surface area contributed by atoms with E-state index in [4.69, 9.17) is 0 Å². The maximum Gasteiger partial charge on any atom is 0.262 e. The molecule has 1 aromatic rings. The Bertz CT molecular complexity index is 649. The van der Waals surface area contributed by atoms with Gasteiger partial charge >= 0.3 is 0 Å². The molecule has 2 rings (SSSR count). The highest BCUT2D eigenvalue weighted by molar-refractivity contribution is 6.22. The van der Waals surface area contributed by atoms with Crippen LogP contribution < -0.4 is 5.32 Å². The normalized spacial score (nSPS) is 15.9. The van der Waals surface area contributed by atoms with Gasteiger partial charge in [0.2, 0.25) is 11.8 Å². The van der Waals surface area contributed by atoms with Crippen molar-refractivity contribution in [3.05, 3.63) is 35.4 Å². The minimum Gasteiger partial charge on any atom is -0.347 e.